The number of amides is 4. The number of ether oxygens (including phenoxy) is 3. The number of carbonyl (C=O) groups is 9. The number of carbonyl (C=O) groups excluding carboxylic acids is 8. The molecule has 8 heterocycles. The standard InChI is InChI=1S/C29H22ClN3O7S2.C27H29N3O4S.C26H25N3O6S.C26H27N3O5S/c1-16(2)17-3-5-18(6-4-17)25-24(26(34)19-7-9-20(30)10-8-19)27(35)28(36)32(25)29-31-15-23(41-29)42(39,40)22-13-11-21(12-14-22)33(37)38;1-15(2)24-28-29-26(35-24)30-21(16-7-11-18(12-8-16)27(3,4)5)20(23(32)25(30)33)22(31)17-9-13-19(34-6)14-10-17;1-14-27-28-25(36-14)29-21(15-5-9-17(10-6-15)26(2,3)4)20(23(33)24(29)34)22(32)16-7-11-18(12-8-16)35-13-19(30)31;1-15-27-28-25(35-15)29-21(16-5-9-18(10-6-16)26(2,3)4)20(23(32)24(29)33)22(31)17-7-11-19(12-8-17)34-14-13-30/h3-16,25,34H,1-2H3;7-15,21,31H,1-6H3;5-12,21,32H,13H2,1-4H3,(H,30,31);5-12,21,30-31H,13-14H2,1-4H3. The second-order valence-electron chi connectivity index (χ2n) is 38.2. The molecule has 4 saturated heterocycles. The molecule has 0 aliphatic carbocycles. The molecule has 40 heteroatoms. The maximum absolute atomic E-state index is 13.5. The van der Waals surface area contributed by atoms with Crippen LogP contribution < -0.4 is 33.8 Å². The fourth-order valence-corrected chi connectivity index (χ4v) is 21.3. The Labute approximate surface area is 872 Å². The summed E-state index contributed by atoms with van der Waals surface area (Å²) in [7, 11) is -2.61. The first-order chi connectivity index (χ1) is 70.0. The van der Waals surface area contributed by atoms with Gasteiger partial charge in [-0.1, -0.05) is 244 Å². The number of aliphatic carboxylic acids is 1. The summed E-state index contributed by atoms with van der Waals surface area (Å²) >= 11 is 10.3. The molecule has 148 heavy (non-hydrogen) atoms. The molecular weight excluding hydrogens is 2010 g/mol. The number of anilines is 4. The van der Waals surface area contributed by atoms with Crippen molar-refractivity contribution in [3.8, 4) is 17.2 Å². The molecule has 4 aliphatic rings. The number of rotatable bonds is 24. The number of sulfone groups is 1. The third-order valence-corrected chi connectivity index (χ3v) is 30.7. The van der Waals surface area contributed by atoms with E-state index in [-0.39, 0.29) is 123 Å². The number of ketones is 4. The van der Waals surface area contributed by atoms with E-state index in [1.807, 2.05) is 113 Å². The largest absolute Gasteiger partial charge is 0.507 e. The van der Waals surface area contributed by atoms with Gasteiger partial charge in [0.25, 0.3) is 28.8 Å². The van der Waals surface area contributed by atoms with Gasteiger partial charge in [0.1, 0.15) is 66.1 Å². The van der Waals surface area contributed by atoms with Gasteiger partial charge in [0.05, 0.1) is 76.2 Å². The smallest absolute Gasteiger partial charge is 0.341 e. The zero-order valence-electron chi connectivity index (χ0n) is 82.9. The Kier molecular flexibility index (Phi) is 32.5. The first-order valence-electron chi connectivity index (χ1n) is 46.2. The molecule has 4 aromatic heterocycles. The summed E-state index contributed by atoms with van der Waals surface area (Å²) < 4.78 is 42.1. The summed E-state index contributed by atoms with van der Waals surface area (Å²) in [5.41, 5.74) is 7.39. The fraction of sp³-hybridized carbons (Fsp3) is 0.259. The Morgan fingerprint density at radius 1 is 0.426 bits per heavy atom. The van der Waals surface area contributed by atoms with Crippen molar-refractivity contribution in [3.05, 3.63) is 344 Å². The number of non-ortho nitro benzene ring substituents is 1. The number of hydrogen-bond acceptors (Lipinski definition) is 32. The maximum atomic E-state index is 13.5. The molecule has 4 aliphatic heterocycles. The van der Waals surface area contributed by atoms with Crippen molar-refractivity contribution < 1.29 is 101 Å². The first-order valence-corrected chi connectivity index (χ1v) is 51.4. The Morgan fingerprint density at radius 2 is 0.750 bits per heavy atom. The molecule has 13 aromatic rings. The molecular formula is C108H103ClN12O22S5. The number of benzene rings is 9. The van der Waals surface area contributed by atoms with Crippen molar-refractivity contribution in [2.75, 3.05) is 46.5 Å². The molecule has 764 valence electrons. The maximum Gasteiger partial charge on any atom is 0.341 e. The second kappa shape index (κ2) is 44.4. The van der Waals surface area contributed by atoms with Crippen LogP contribution in [0.5, 0.6) is 17.2 Å². The summed E-state index contributed by atoms with van der Waals surface area (Å²) in [6.07, 6.45) is 1.06. The molecule has 6 N–H and O–H groups in total. The summed E-state index contributed by atoms with van der Waals surface area (Å²) in [4.78, 5) is 136. The molecule has 0 radical (unpaired) electrons. The summed E-state index contributed by atoms with van der Waals surface area (Å²) in [5, 5.41) is 102. The van der Waals surface area contributed by atoms with Crippen molar-refractivity contribution in [1.29, 1.82) is 0 Å². The van der Waals surface area contributed by atoms with Crippen LogP contribution >= 0.6 is 56.9 Å². The van der Waals surface area contributed by atoms with Gasteiger partial charge in [-0.2, -0.15) is 0 Å². The van der Waals surface area contributed by atoms with Gasteiger partial charge in [-0.15, -0.1) is 30.6 Å². The van der Waals surface area contributed by atoms with E-state index in [4.69, 9.17) is 36.0 Å². The van der Waals surface area contributed by atoms with Crippen LogP contribution in [0.4, 0.5) is 26.2 Å². The van der Waals surface area contributed by atoms with Gasteiger partial charge in [-0.05, 0) is 190 Å². The summed E-state index contributed by atoms with van der Waals surface area (Å²) in [5.74, 6) is -7.32. The van der Waals surface area contributed by atoms with E-state index in [1.165, 1.54) is 97.2 Å². The summed E-state index contributed by atoms with van der Waals surface area (Å²) in [6.45, 7) is 30.0. The number of nitrogens with zero attached hydrogens (tertiary/aromatic N) is 12. The zero-order chi connectivity index (χ0) is 107. The minimum absolute atomic E-state index is 0.0182. The van der Waals surface area contributed by atoms with Gasteiger partial charge in [-0.3, -0.25) is 68.1 Å². The number of halogens is 1. The van der Waals surface area contributed by atoms with Gasteiger partial charge < -0.3 is 44.8 Å². The van der Waals surface area contributed by atoms with Crippen LogP contribution in [0.3, 0.4) is 0 Å². The number of aromatic nitrogens is 7. The van der Waals surface area contributed by atoms with Gasteiger partial charge in [0.15, 0.2) is 11.7 Å². The number of aryl methyl sites for hydroxylation is 2. The Morgan fingerprint density at radius 3 is 1.05 bits per heavy atom. The van der Waals surface area contributed by atoms with E-state index in [0.29, 0.717) is 81.5 Å². The van der Waals surface area contributed by atoms with Crippen molar-refractivity contribution in [2.24, 2.45) is 0 Å². The van der Waals surface area contributed by atoms with E-state index in [2.05, 4.69) is 97.9 Å². The number of carboxylic acids is 1. The molecule has 0 bridgehead atoms. The minimum atomic E-state index is -4.16. The van der Waals surface area contributed by atoms with Crippen molar-refractivity contribution in [1.82, 2.24) is 35.6 Å². The number of methoxy groups -OCH3 is 1. The lowest BCUT2D eigenvalue weighted by Crippen LogP contribution is -2.29. The molecule has 4 fully saturated rings. The topological polar surface area (TPSA) is 483 Å². The Bertz CT molecular complexity index is 7530. The number of carboxylic acid groups (broad SMARTS) is 1. The normalized spacial score (nSPS) is 17.4. The van der Waals surface area contributed by atoms with Gasteiger partial charge in [0, 0.05) is 45.3 Å². The van der Waals surface area contributed by atoms with Crippen LogP contribution in [0.2, 0.25) is 5.02 Å². The first kappa shape index (κ1) is 108. The number of aliphatic hydroxyl groups is 5. The van der Waals surface area contributed by atoms with Crippen molar-refractivity contribution in [3.63, 3.8) is 0 Å². The monoisotopic (exact) mass is 2110 g/mol. The number of thiazole rings is 1. The van der Waals surface area contributed by atoms with Gasteiger partial charge >= 0.3 is 29.6 Å². The second-order valence-corrected chi connectivity index (χ2v) is 45.1. The lowest BCUT2D eigenvalue weighted by Gasteiger charge is -2.24. The van der Waals surface area contributed by atoms with E-state index in [1.54, 1.807) is 81.6 Å². The predicted octanol–water partition coefficient (Wildman–Crippen LogP) is 20.3. The molecule has 0 saturated carbocycles. The van der Waals surface area contributed by atoms with E-state index in [0.717, 1.165) is 62.6 Å². The van der Waals surface area contributed by atoms with E-state index in [9.17, 15) is 82.1 Å². The Hall–Kier alpha value is -15.5. The highest BCUT2D eigenvalue weighted by atomic mass is 35.5. The van der Waals surface area contributed by atoms with Crippen molar-refractivity contribution in [2.45, 2.75) is 165 Å². The van der Waals surface area contributed by atoms with Crippen LogP contribution in [0.1, 0.15) is 208 Å². The highest BCUT2D eigenvalue weighted by Gasteiger charge is 2.53. The summed E-state index contributed by atoms with van der Waals surface area (Å²) in [6, 6.07) is 56.1. The SMILES string of the molecule is CC(C)c1ccc(C2C(=C(O)c3ccc(Cl)cc3)C(=O)C(=O)N2c2ncc(S(=O)(=O)c3ccc([N+](=O)[O-])cc3)s2)cc1.COc1ccc(C(O)=C2C(=O)C(=O)N(c3nnc(C(C)C)s3)C2c2ccc(C(C)(C)C)cc2)cc1.Cc1nnc(N2C(=O)C(=O)C(=C(O)c3ccc(OCC(=O)O)cc3)C2c2ccc(C(C)(C)C)cc2)s1.Cc1nnc(N2C(=O)C(=O)C(=C(O)c3ccc(OCCO)cc3)C2c2ccc(C(C)(C)C)cc2)s1. The lowest BCUT2D eigenvalue weighted by molar-refractivity contribution is -0.384. The van der Waals surface area contributed by atoms with E-state index >= 15 is 0 Å². The average Bonchev–Trinajstić information content (AvgIpc) is 1.60. The highest BCUT2D eigenvalue weighted by Crippen LogP contribution is 2.51. The minimum Gasteiger partial charge on any atom is -0.507 e. The average molecular weight is 2120 g/mol. The van der Waals surface area contributed by atoms with Crippen LogP contribution in [-0.4, -0.2) is 159 Å². The number of Topliss-reactive ketones (excluding diaryl/α,β-unsaturated/α-hetero) is 4. The fourth-order valence-electron chi connectivity index (χ4n) is 16.3. The molecule has 17 rings (SSSR count). The Balaban J connectivity index is 0.000000156. The van der Waals surface area contributed by atoms with Crippen LogP contribution in [0.15, 0.2) is 256 Å². The number of aliphatic hydroxyl groups excluding tert-OH is 5. The molecule has 0 spiro atoms. The number of nitro benzene ring substituents is 1. The predicted molar refractivity (Wildman–Crippen MR) is 562 cm³/mol. The highest BCUT2D eigenvalue weighted by molar-refractivity contribution is 7.93. The molecule has 4 unspecified atom stereocenters. The van der Waals surface area contributed by atoms with E-state index < -0.39 is 104 Å². The van der Waals surface area contributed by atoms with Gasteiger partial charge in [-0.25, -0.2) is 18.2 Å². The number of hydrogen-bond donors (Lipinski definition) is 6. The molecule has 34 nitrogen and oxygen atoms in total. The van der Waals surface area contributed by atoms with Crippen LogP contribution in [0, 0.1) is 24.0 Å². The third kappa shape index (κ3) is 23.1. The van der Waals surface area contributed by atoms with Crippen molar-refractivity contribution >= 4 is 169 Å². The molecule has 4 amide bonds. The van der Waals surface area contributed by atoms with Crippen LogP contribution in [0.25, 0.3) is 23.0 Å². The van der Waals surface area contributed by atoms with Crippen LogP contribution in [-0.2, 0) is 69.2 Å². The molecule has 4 atom stereocenters. The quantitative estimate of drug-likeness (QED) is 0.0108. The molecule has 9 aromatic carbocycles. The third-order valence-electron chi connectivity index (χ3n) is 24.3. The lowest BCUT2D eigenvalue weighted by atomic mass is 9.85. The number of nitro groups is 1. The zero-order valence-corrected chi connectivity index (χ0v) is 87.8. The van der Waals surface area contributed by atoms with Gasteiger partial charge in [0.2, 0.25) is 25.2 Å².